The third-order valence-corrected chi connectivity index (χ3v) is 4.98. The molecule has 2 N–H and O–H groups in total. The molecule has 1 amide bonds. The van der Waals surface area contributed by atoms with E-state index in [9.17, 15) is 24.6 Å². The lowest BCUT2D eigenvalue weighted by Crippen LogP contribution is -2.29. The van der Waals surface area contributed by atoms with E-state index in [1.165, 1.54) is 23.1 Å². The standard InChI is InChI=1S/C24H17NO5/c26-21(16-10-5-2-6-11-16)19-20(15-8-3-1-4-9-15)25(23(28)22(19)27)18-13-7-12-17(14-18)24(29)30/h1-14,20,26H,(H,29,30)/b21-19-. The minimum atomic E-state index is -1.14. The first kappa shape index (κ1) is 19.1. The summed E-state index contributed by atoms with van der Waals surface area (Å²) in [6.07, 6.45) is 0. The van der Waals surface area contributed by atoms with Gasteiger partial charge in [0.05, 0.1) is 17.2 Å². The van der Waals surface area contributed by atoms with Gasteiger partial charge in [-0.2, -0.15) is 0 Å². The van der Waals surface area contributed by atoms with Crippen LogP contribution in [0.5, 0.6) is 0 Å². The third kappa shape index (κ3) is 3.24. The number of aromatic carboxylic acids is 1. The predicted molar refractivity (Wildman–Crippen MR) is 111 cm³/mol. The van der Waals surface area contributed by atoms with E-state index in [0.29, 0.717) is 11.1 Å². The fraction of sp³-hybridized carbons (Fsp3) is 0.0417. The number of aliphatic hydroxyl groups excluding tert-OH is 1. The van der Waals surface area contributed by atoms with E-state index in [-0.39, 0.29) is 22.6 Å². The van der Waals surface area contributed by atoms with Crippen LogP contribution in [0.3, 0.4) is 0 Å². The number of hydrogen-bond acceptors (Lipinski definition) is 4. The van der Waals surface area contributed by atoms with Crippen molar-refractivity contribution in [1.29, 1.82) is 0 Å². The molecule has 0 aliphatic carbocycles. The number of hydrogen-bond donors (Lipinski definition) is 2. The fourth-order valence-corrected chi connectivity index (χ4v) is 3.59. The van der Waals surface area contributed by atoms with Crippen LogP contribution in [0.15, 0.2) is 90.5 Å². The lowest BCUT2D eigenvalue weighted by atomic mass is 9.95. The van der Waals surface area contributed by atoms with E-state index >= 15 is 0 Å². The predicted octanol–water partition coefficient (Wildman–Crippen LogP) is 4.01. The quantitative estimate of drug-likeness (QED) is 0.393. The maximum absolute atomic E-state index is 13.0. The number of nitrogens with zero attached hydrogens (tertiary/aromatic N) is 1. The zero-order chi connectivity index (χ0) is 21.3. The van der Waals surface area contributed by atoms with Gasteiger partial charge >= 0.3 is 5.97 Å². The number of carbonyl (C=O) groups excluding carboxylic acids is 2. The number of rotatable bonds is 4. The molecule has 1 aliphatic rings. The molecule has 0 radical (unpaired) electrons. The SMILES string of the molecule is O=C1C(=O)N(c2cccc(C(=O)O)c2)C(c2ccccc2)/C1=C(/O)c1ccccc1. The monoisotopic (exact) mass is 399 g/mol. The topological polar surface area (TPSA) is 94.9 Å². The van der Waals surface area contributed by atoms with Crippen LogP contribution in [0.1, 0.15) is 27.5 Å². The van der Waals surface area contributed by atoms with E-state index in [1.807, 2.05) is 0 Å². The van der Waals surface area contributed by atoms with Crippen LogP contribution >= 0.6 is 0 Å². The van der Waals surface area contributed by atoms with E-state index in [1.54, 1.807) is 66.7 Å². The number of benzene rings is 3. The first-order valence-electron chi connectivity index (χ1n) is 9.24. The highest BCUT2D eigenvalue weighted by atomic mass is 16.4. The van der Waals surface area contributed by atoms with Crippen LogP contribution < -0.4 is 4.90 Å². The molecule has 148 valence electrons. The molecule has 6 nitrogen and oxygen atoms in total. The van der Waals surface area contributed by atoms with Crippen LogP contribution in [0.4, 0.5) is 5.69 Å². The van der Waals surface area contributed by atoms with Gasteiger partial charge in [-0.15, -0.1) is 0 Å². The normalized spacial score (nSPS) is 17.9. The Kier molecular flexibility index (Phi) is 4.90. The summed E-state index contributed by atoms with van der Waals surface area (Å²) in [5.41, 5.74) is 1.24. The summed E-state index contributed by atoms with van der Waals surface area (Å²) in [6, 6.07) is 22.3. The van der Waals surface area contributed by atoms with Gasteiger partial charge in [0.25, 0.3) is 11.7 Å². The summed E-state index contributed by atoms with van der Waals surface area (Å²) >= 11 is 0. The minimum Gasteiger partial charge on any atom is -0.507 e. The summed E-state index contributed by atoms with van der Waals surface area (Å²) in [7, 11) is 0. The largest absolute Gasteiger partial charge is 0.507 e. The Morgan fingerprint density at radius 2 is 1.37 bits per heavy atom. The molecule has 1 saturated heterocycles. The van der Waals surface area contributed by atoms with Crippen LogP contribution in [-0.2, 0) is 9.59 Å². The van der Waals surface area contributed by atoms with Crippen molar-refractivity contribution in [1.82, 2.24) is 0 Å². The number of Topliss-reactive ketones (excluding diaryl/α,β-unsaturated/α-hetero) is 1. The molecular formula is C24H17NO5. The molecule has 1 unspecified atom stereocenters. The number of amides is 1. The molecule has 1 aliphatic heterocycles. The van der Waals surface area contributed by atoms with Crippen molar-refractivity contribution in [2.45, 2.75) is 6.04 Å². The van der Waals surface area contributed by atoms with Crippen molar-refractivity contribution in [2.75, 3.05) is 4.90 Å². The minimum absolute atomic E-state index is 0.00993. The molecule has 3 aromatic carbocycles. The average Bonchev–Trinajstić information content (AvgIpc) is 3.05. The van der Waals surface area contributed by atoms with Gasteiger partial charge < -0.3 is 10.2 Å². The molecule has 1 heterocycles. The molecule has 0 aromatic heterocycles. The maximum atomic E-state index is 13.0. The average molecular weight is 399 g/mol. The molecule has 6 heteroatoms. The number of carbonyl (C=O) groups is 3. The van der Waals surface area contributed by atoms with Gasteiger partial charge in [-0.25, -0.2) is 4.79 Å². The van der Waals surface area contributed by atoms with Crippen LogP contribution in [0, 0.1) is 0 Å². The molecule has 4 rings (SSSR count). The summed E-state index contributed by atoms with van der Waals surface area (Å²) in [5.74, 6) is -3.08. The number of carboxylic acids is 1. The number of aliphatic hydroxyl groups is 1. The van der Waals surface area contributed by atoms with E-state index in [2.05, 4.69) is 0 Å². The molecule has 1 atom stereocenters. The second kappa shape index (κ2) is 7.67. The Labute approximate surface area is 172 Å². The second-order valence-corrected chi connectivity index (χ2v) is 6.80. The fourth-order valence-electron chi connectivity index (χ4n) is 3.59. The lowest BCUT2D eigenvalue weighted by Gasteiger charge is -2.25. The summed E-state index contributed by atoms with van der Waals surface area (Å²) < 4.78 is 0. The van der Waals surface area contributed by atoms with Gasteiger partial charge in [-0.1, -0.05) is 66.7 Å². The van der Waals surface area contributed by atoms with Crippen molar-refractivity contribution in [3.05, 3.63) is 107 Å². The van der Waals surface area contributed by atoms with Crippen molar-refractivity contribution in [3.8, 4) is 0 Å². The van der Waals surface area contributed by atoms with E-state index in [4.69, 9.17) is 0 Å². The van der Waals surface area contributed by atoms with Gasteiger partial charge in [0.1, 0.15) is 5.76 Å². The van der Waals surface area contributed by atoms with E-state index in [0.717, 1.165) is 0 Å². The van der Waals surface area contributed by atoms with Crippen LogP contribution in [-0.4, -0.2) is 27.9 Å². The van der Waals surface area contributed by atoms with Gasteiger partial charge in [-0.05, 0) is 23.8 Å². The van der Waals surface area contributed by atoms with Gasteiger partial charge in [0, 0.05) is 11.3 Å². The molecule has 0 spiro atoms. The summed E-state index contributed by atoms with van der Waals surface area (Å²) in [4.78, 5) is 38.6. The van der Waals surface area contributed by atoms with Crippen LogP contribution in [0.25, 0.3) is 5.76 Å². The van der Waals surface area contributed by atoms with Gasteiger partial charge in [0.2, 0.25) is 0 Å². The Morgan fingerprint density at radius 3 is 2.00 bits per heavy atom. The highest BCUT2D eigenvalue weighted by Gasteiger charge is 2.47. The third-order valence-electron chi connectivity index (χ3n) is 4.98. The molecule has 30 heavy (non-hydrogen) atoms. The number of anilines is 1. The number of ketones is 1. The highest BCUT2D eigenvalue weighted by molar-refractivity contribution is 6.51. The molecule has 1 fully saturated rings. The molecule has 0 bridgehead atoms. The first-order valence-corrected chi connectivity index (χ1v) is 9.24. The van der Waals surface area contributed by atoms with Gasteiger partial charge in [0.15, 0.2) is 0 Å². The van der Waals surface area contributed by atoms with Crippen LogP contribution in [0.2, 0.25) is 0 Å². The summed E-state index contributed by atoms with van der Waals surface area (Å²) in [5, 5.41) is 20.3. The zero-order valence-corrected chi connectivity index (χ0v) is 15.7. The smallest absolute Gasteiger partial charge is 0.335 e. The number of carboxylic acid groups (broad SMARTS) is 1. The zero-order valence-electron chi connectivity index (χ0n) is 15.7. The first-order chi connectivity index (χ1) is 14.5. The molecular weight excluding hydrogens is 382 g/mol. The van der Waals surface area contributed by atoms with Crippen molar-refractivity contribution in [2.24, 2.45) is 0 Å². The second-order valence-electron chi connectivity index (χ2n) is 6.80. The van der Waals surface area contributed by atoms with E-state index < -0.39 is 23.7 Å². The maximum Gasteiger partial charge on any atom is 0.335 e. The Hall–Kier alpha value is -4.19. The molecule has 0 saturated carbocycles. The lowest BCUT2D eigenvalue weighted by molar-refractivity contribution is -0.132. The highest BCUT2D eigenvalue weighted by Crippen LogP contribution is 2.42. The van der Waals surface area contributed by atoms with Crippen molar-refractivity contribution < 1.29 is 24.6 Å². The Balaban J connectivity index is 1.95. The summed E-state index contributed by atoms with van der Waals surface area (Å²) in [6.45, 7) is 0. The Bertz CT molecular complexity index is 1170. The van der Waals surface area contributed by atoms with Crippen molar-refractivity contribution >= 4 is 29.1 Å². The Morgan fingerprint density at radius 1 is 0.767 bits per heavy atom. The van der Waals surface area contributed by atoms with Crippen molar-refractivity contribution in [3.63, 3.8) is 0 Å². The van der Waals surface area contributed by atoms with Gasteiger partial charge in [-0.3, -0.25) is 14.5 Å². The molecule has 3 aromatic rings.